The Morgan fingerprint density at radius 2 is 0.667 bits per heavy atom. The fourth-order valence-corrected chi connectivity index (χ4v) is 3.58. The number of benzene rings is 5. The molecule has 0 fully saturated rings. The third-order valence-electron chi connectivity index (χ3n) is 4.39. The van der Waals surface area contributed by atoms with Crippen molar-refractivity contribution < 1.29 is 0 Å². The Morgan fingerprint density at radius 1 is 0.381 bits per heavy atom. The summed E-state index contributed by atoms with van der Waals surface area (Å²) in [5, 5.41) is 10.9. The molecule has 0 aliphatic heterocycles. The molecule has 0 heterocycles. The molecule has 0 amide bonds. The SMILES string of the molecule is [PbH2].c1cc2cccc3c4cccc5cccc(c(c1)c23)c54. The first-order chi connectivity index (χ1) is 9.93. The molecule has 0 bridgehead atoms. The zero-order chi connectivity index (χ0) is 13.1. The van der Waals surface area contributed by atoms with Gasteiger partial charge in [-0.3, -0.25) is 0 Å². The molecule has 5 aromatic rings. The van der Waals surface area contributed by atoms with Crippen molar-refractivity contribution in [1.82, 2.24) is 0 Å². The van der Waals surface area contributed by atoms with Gasteiger partial charge in [-0.25, -0.2) is 0 Å². The van der Waals surface area contributed by atoms with E-state index in [1.165, 1.54) is 43.1 Å². The van der Waals surface area contributed by atoms with Crippen molar-refractivity contribution in [3.63, 3.8) is 0 Å². The van der Waals surface area contributed by atoms with Gasteiger partial charge in [0.05, 0.1) is 0 Å². The van der Waals surface area contributed by atoms with E-state index < -0.39 is 0 Å². The largest absolute Gasteiger partial charge is 0.0610 e. The molecule has 98 valence electrons. The van der Waals surface area contributed by atoms with Gasteiger partial charge in [-0.05, 0) is 43.1 Å². The second kappa shape index (κ2) is 4.67. The van der Waals surface area contributed by atoms with Crippen molar-refractivity contribution in [2.24, 2.45) is 0 Å². The van der Waals surface area contributed by atoms with Gasteiger partial charge < -0.3 is 0 Å². The van der Waals surface area contributed by atoms with E-state index in [1.807, 2.05) is 0 Å². The summed E-state index contributed by atoms with van der Waals surface area (Å²) in [6.07, 6.45) is 0. The van der Waals surface area contributed by atoms with E-state index in [0.29, 0.717) is 0 Å². The van der Waals surface area contributed by atoms with Crippen LogP contribution < -0.4 is 0 Å². The Balaban J connectivity index is 0.00000115. The average molecular weight is 462 g/mol. The molecule has 0 spiro atoms. The second-order valence-electron chi connectivity index (χ2n) is 5.42. The van der Waals surface area contributed by atoms with E-state index in [9.17, 15) is 0 Å². The van der Waals surface area contributed by atoms with Gasteiger partial charge in [0.1, 0.15) is 0 Å². The van der Waals surface area contributed by atoms with Crippen LogP contribution in [0.15, 0.2) is 72.8 Å². The number of rotatable bonds is 0. The molecule has 0 unspecified atom stereocenters. The van der Waals surface area contributed by atoms with Crippen LogP contribution in [-0.4, -0.2) is 27.3 Å². The molecule has 21 heavy (non-hydrogen) atoms. The Kier molecular flexibility index (Phi) is 2.89. The van der Waals surface area contributed by atoms with E-state index in [1.54, 1.807) is 0 Å². The van der Waals surface area contributed by atoms with E-state index in [2.05, 4.69) is 72.8 Å². The van der Waals surface area contributed by atoms with Crippen LogP contribution in [0.5, 0.6) is 0 Å². The first-order valence-electron chi connectivity index (χ1n) is 6.98. The molecule has 0 saturated heterocycles. The van der Waals surface area contributed by atoms with Crippen molar-refractivity contribution in [3.8, 4) is 0 Å². The van der Waals surface area contributed by atoms with Crippen molar-refractivity contribution in [2.75, 3.05) is 0 Å². The molecule has 0 aliphatic carbocycles. The number of hydrogen-bond acceptors (Lipinski definition) is 0. The minimum Gasteiger partial charge on any atom is -0.0610 e. The topological polar surface area (TPSA) is 0 Å². The van der Waals surface area contributed by atoms with Gasteiger partial charge in [0, 0.05) is 0 Å². The zero-order valence-electron chi connectivity index (χ0n) is 11.6. The minimum atomic E-state index is 0. The number of fused-ring (bicyclic) bond motifs is 2. The fourth-order valence-electron chi connectivity index (χ4n) is 3.58. The molecule has 0 nitrogen and oxygen atoms in total. The van der Waals surface area contributed by atoms with Crippen molar-refractivity contribution in [2.45, 2.75) is 0 Å². The fraction of sp³-hybridized carbons (Fsp3) is 0. The predicted octanol–water partition coefficient (Wildman–Crippen LogP) is 4.82. The molecule has 5 aromatic carbocycles. The molecule has 0 saturated carbocycles. The second-order valence-corrected chi connectivity index (χ2v) is 5.42. The molecular formula is C20H14Pb. The summed E-state index contributed by atoms with van der Waals surface area (Å²) in [6, 6.07) is 26.4. The van der Waals surface area contributed by atoms with Gasteiger partial charge in [0.2, 0.25) is 0 Å². The van der Waals surface area contributed by atoms with Crippen LogP contribution in [0.2, 0.25) is 0 Å². The maximum atomic E-state index is 2.25. The maximum Gasteiger partial charge on any atom is -0.00264 e. The van der Waals surface area contributed by atoms with Crippen LogP contribution in [-0.2, 0) is 0 Å². The summed E-state index contributed by atoms with van der Waals surface area (Å²) in [5.41, 5.74) is 0. The van der Waals surface area contributed by atoms with Gasteiger partial charge in [-0.1, -0.05) is 72.8 Å². The van der Waals surface area contributed by atoms with Crippen LogP contribution >= 0.6 is 0 Å². The van der Waals surface area contributed by atoms with E-state index in [0.717, 1.165) is 0 Å². The minimum absolute atomic E-state index is 0. The quantitative estimate of drug-likeness (QED) is 0.176. The van der Waals surface area contributed by atoms with E-state index >= 15 is 0 Å². The molecule has 0 atom stereocenters. The molecule has 5 rings (SSSR count). The van der Waals surface area contributed by atoms with Crippen LogP contribution in [0.3, 0.4) is 0 Å². The van der Waals surface area contributed by atoms with Gasteiger partial charge in [-0.15, -0.1) is 0 Å². The Labute approximate surface area is 142 Å². The third kappa shape index (κ3) is 1.65. The summed E-state index contributed by atoms with van der Waals surface area (Å²) in [7, 11) is 0. The predicted molar refractivity (Wildman–Crippen MR) is 96.2 cm³/mol. The molecule has 0 N–H and O–H groups in total. The van der Waals surface area contributed by atoms with Crippen LogP contribution in [0.1, 0.15) is 0 Å². The monoisotopic (exact) mass is 462 g/mol. The Bertz CT molecular complexity index is 923. The molecular weight excluding hydrogens is 447 g/mol. The summed E-state index contributed by atoms with van der Waals surface area (Å²) < 4.78 is 0. The van der Waals surface area contributed by atoms with Crippen LogP contribution in [0.25, 0.3) is 43.1 Å². The van der Waals surface area contributed by atoms with E-state index in [4.69, 9.17) is 0 Å². The van der Waals surface area contributed by atoms with E-state index in [-0.39, 0.29) is 27.3 Å². The molecule has 0 aliphatic rings. The Hall–Kier alpha value is -1.68. The molecule has 1 heteroatoms. The summed E-state index contributed by atoms with van der Waals surface area (Å²) >= 11 is 0. The van der Waals surface area contributed by atoms with Crippen molar-refractivity contribution in [3.05, 3.63) is 72.8 Å². The van der Waals surface area contributed by atoms with Gasteiger partial charge in [-0.2, -0.15) is 0 Å². The van der Waals surface area contributed by atoms with Crippen molar-refractivity contribution >= 4 is 70.4 Å². The van der Waals surface area contributed by atoms with Crippen molar-refractivity contribution in [1.29, 1.82) is 0 Å². The first-order valence-corrected chi connectivity index (χ1v) is 6.98. The first kappa shape index (κ1) is 13.0. The van der Waals surface area contributed by atoms with Crippen LogP contribution in [0, 0.1) is 0 Å². The zero-order valence-corrected chi connectivity index (χ0v) is 17.1. The Morgan fingerprint density at radius 3 is 0.952 bits per heavy atom. The van der Waals surface area contributed by atoms with Gasteiger partial charge >= 0.3 is 27.3 Å². The molecule has 2 radical (unpaired) electrons. The average Bonchev–Trinajstić information content (AvgIpc) is 2.52. The summed E-state index contributed by atoms with van der Waals surface area (Å²) in [6.45, 7) is 0. The van der Waals surface area contributed by atoms with Crippen LogP contribution in [0.4, 0.5) is 0 Å². The normalized spacial score (nSPS) is 11.4. The van der Waals surface area contributed by atoms with Gasteiger partial charge in [0.15, 0.2) is 0 Å². The third-order valence-corrected chi connectivity index (χ3v) is 4.39. The van der Waals surface area contributed by atoms with Gasteiger partial charge in [0.25, 0.3) is 0 Å². The standard InChI is InChI=1S/C20H12.Pb.2H/c1-5-13-6-2-11-17-18-12-4-8-14-7-3-10-16(20(14)18)15(9-1)19(13)17;;;/h1-12H;;;. The summed E-state index contributed by atoms with van der Waals surface area (Å²) in [4.78, 5) is 0. The molecule has 0 aromatic heterocycles. The maximum absolute atomic E-state index is 2.25. The summed E-state index contributed by atoms with van der Waals surface area (Å²) in [5.74, 6) is 0. The smallest absolute Gasteiger partial charge is 0.00264 e. The number of hydrogen-bond donors (Lipinski definition) is 0.